The maximum Gasteiger partial charge on any atom is 0.174 e. The third-order valence-corrected chi connectivity index (χ3v) is 6.08. The molecule has 2 aliphatic heterocycles. The molecule has 5 rings (SSSR count). The first-order valence-electron chi connectivity index (χ1n) is 8.93. The zero-order valence-corrected chi connectivity index (χ0v) is 15.0. The Morgan fingerprint density at radius 2 is 1.60 bits per heavy atom. The summed E-state index contributed by atoms with van der Waals surface area (Å²) in [5.74, 6) is 0.812. The maximum atomic E-state index is 11.8. The maximum absolute atomic E-state index is 11.8. The van der Waals surface area contributed by atoms with Gasteiger partial charge < -0.3 is 10.0 Å². The van der Waals surface area contributed by atoms with Crippen LogP contribution in [0.3, 0.4) is 0 Å². The minimum absolute atomic E-state index is 0. The van der Waals surface area contributed by atoms with Gasteiger partial charge in [-0.05, 0) is 24.5 Å². The number of halogens is 1. The van der Waals surface area contributed by atoms with E-state index in [4.69, 9.17) is 4.99 Å². The highest BCUT2D eigenvalue weighted by molar-refractivity contribution is 6.12. The molecule has 2 heterocycles. The lowest BCUT2D eigenvalue weighted by atomic mass is 9.83. The number of anilines is 1. The molecule has 0 radical (unpaired) electrons. The smallest absolute Gasteiger partial charge is 0.174 e. The van der Waals surface area contributed by atoms with Crippen LogP contribution in [0.15, 0.2) is 59.6 Å². The lowest BCUT2D eigenvalue weighted by Crippen LogP contribution is -2.50. The molecule has 0 amide bonds. The van der Waals surface area contributed by atoms with Gasteiger partial charge in [0.25, 0.3) is 0 Å². The fourth-order valence-corrected chi connectivity index (χ4v) is 4.84. The molecule has 1 atom stereocenters. The molecule has 1 N–H and O–H groups in total. The number of para-hydroxylation sites is 1. The monoisotopic (exact) mass is 354 g/mol. The summed E-state index contributed by atoms with van der Waals surface area (Å²) in [7, 11) is 0. The number of hydrogen-bond acceptors (Lipinski definition) is 3. The van der Waals surface area contributed by atoms with E-state index in [0.717, 1.165) is 35.7 Å². The molecule has 1 aliphatic carbocycles. The van der Waals surface area contributed by atoms with E-state index in [1.807, 2.05) is 42.5 Å². The number of aliphatic imine (C=N–C) groups is 1. The summed E-state index contributed by atoms with van der Waals surface area (Å²) in [6, 6.07) is 18.2. The second-order valence-corrected chi connectivity index (χ2v) is 7.53. The summed E-state index contributed by atoms with van der Waals surface area (Å²) in [6.07, 6.45) is 5.13. The van der Waals surface area contributed by atoms with Gasteiger partial charge >= 0.3 is 0 Å². The van der Waals surface area contributed by atoms with Gasteiger partial charge in [0.2, 0.25) is 0 Å². The summed E-state index contributed by atoms with van der Waals surface area (Å²) >= 11 is 0. The molecular weight excluding hydrogens is 332 g/mol. The molecule has 0 saturated heterocycles. The molecule has 1 fully saturated rings. The zero-order valence-electron chi connectivity index (χ0n) is 14.2. The Hall–Kier alpha value is -1.84. The van der Waals surface area contributed by atoms with Crippen LogP contribution < -0.4 is 4.90 Å². The SMILES string of the molecule is Cl.OC1(c2ccccc2)C2=NCC3(CCCC3)CN2c2ccccc21. The summed E-state index contributed by atoms with van der Waals surface area (Å²) in [5.41, 5.74) is 2.16. The van der Waals surface area contributed by atoms with Gasteiger partial charge in [-0.2, -0.15) is 0 Å². The van der Waals surface area contributed by atoms with Gasteiger partial charge in [-0.3, -0.25) is 4.99 Å². The molecule has 2 aromatic carbocycles. The van der Waals surface area contributed by atoms with Gasteiger partial charge in [0.15, 0.2) is 5.60 Å². The average Bonchev–Trinajstić information content (AvgIpc) is 3.19. The predicted octanol–water partition coefficient (Wildman–Crippen LogP) is 4.14. The highest BCUT2D eigenvalue weighted by Crippen LogP contribution is 2.50. The van der Waals surface area contributed by atoms with Crippen LogP contribution in [0.25, 0.3) is 0 Å². The molecule has 25 heavy (non-hydrogen) atoms. The molecular formula is C21H23ClN2O. The molecule has 1 saturated carbocycles. The minimum Gasteiger partial charge on any atom is -0.373 e. The fourth-order valence-electron chi connectivity index (χ4n) is 4.84. The highest BCUT2D eigenvalue weighted by Gasteiger charge is 2.53. The normalized spacial score (nSPS) is 26.0. The van der Waals surface area contributed by atoms with Crippen molar-refractivity contribution >= 4 is 23.9 Å². The highest BCUT2D eigenvalue weighted by atomic mass is 35.5. The van der Waals surface area contributed by atoms with E-state index in [-0.39, 0.29) is 12.4 Å². The third kappa shape index (κ3) is 2.26. The Bertz CT molecular complexity index is 814. The fraction of sp³-hybridized carbons (Fsp3) is 0.381. The van der Waals surface area contributed by atoms with E-state index in [1.54, 1.807) is 0 Å². The number of fused-ring (bicyclic) bond motifs is 3. The van der Waals surface area contributed by atoms with Crippen LogP contribution in [-0.2, 0) is 5.60 Å². The van der Waals surface area contributed by atoms with Gasteiger partial charge in [0.05, 0.1) is 0 Å². The molecule has 3 aliphatic rings. The van der Waals surface area contributed by atoms with Gasteiger partial charge in [-0.25, -0.2) is 0 Å². The van der Waals surface area contributed by atoms with E-state index in [9.17, 15) is 5.11 Å². The Morgan fingerprint density at radius 1 is 0.920 bits per heavy atom. The molecule has 2 aromatic rings. The summed E-state index contributed by atoms with van der Waals surface area (Å²) < 4.78 is 0. The van der Waals surface area contributed by atoms with E-state index >= 15 is 0 Å². The van der Waals surface area contributed by atoms with Gasteiger partial charge in [-0.15, -0.1) is 12.4 Å². The first-order valence-corrected chi connectivity index (χ1v) is 8.93. The van der Waals surface area contributed by atoms with Crippen LogP contribution in [0.5, 0.6) is 0 Å². The third-order valence-electron chi connectivity index (χ3n) is 6.08. The number of hydrogen-bond donors (Lipinski definition) is 1. The van der Waals surface area contributed by atoms with Crippen LogP contribution in [0.1, 0.15) is 36.8 Å². The standard InChI is InChI=1S/C21H22N2O.ClH/c24-21(16-8-2-1-3-9-16)17-10-4-5-11-18(17)23-15-20(12-6-7-13-20)14-22-19(21)23;/h1-5,8-11,24H,6-7,12-15H2;1H. The topological polar surface area (TPSA) is 35.8 Å². The molecule has 0 aromatic heterocycles. The van der Waals surface area contributed by atoms with Crippen molar-refractivity contribution in [3.63, 3.8) is 0 Å². The van der Waals surface area contributed by atoms with Crippen molar-refractivity contribution in [2.75, 3.05) is 18.0 Å². The Kier molecular flexibility index (Phi) is 3.89. The Morgan fingerprint density at radius 3 is 2.36 bits per heavy atom. The van der Waals surface area contributed by atoms with Gasteiger partial charge in [-0.1, -0.05) is 61.4 Å². The number of rotatable bonds is 1. The van der Waals surface area contributed by atoms with Crippen LogP contribution in [-0.4, -0.2) is 24.0 Å². The largest absolute Gasteiger partial charge is 0.373 e. The van der Waals surface area contributed by atoms with E-state index in [1.165, 1.54) is 25.7 Å². The van der Waals surface area contributed by atoms with Crippen LogP contribution in [0, 0.1) is 5.41 Å². The molecule has 0 bridgehead atoms. The Labute approximate surface area is 154 Å². The molecule has 4 heteroatoms. The van der Waals surface area contributed by atoms with E-state index in [0.29, 0.717) is 5.41 Å². The summed E-state index contributed by atoms with van der Waals surface area (Å²) in [6.45, 7) is 1.83. The van der Waals surface area contributed by atoms with Crippen LogP contribution in [0.4, 0.5) is 5.69 Å². The van der Waals surface area contributed by atoms with E-state index in [2.05, 4.69) is 17.0 Å². The van der Waals surface area contributed by atoms with Crippen molar-refractivity contribution in [3.8, 4) is 0 Å². The van der Waals surface area contributed by atoms with Crippen molar-refractivity contribution in [2.24, 2.45) is 10.4 Å². The number of amidine groups is 1. The van der Waals surface area contributed by atoms with Crippen LogP contribution in [0.2, 0.25) is 0 Å². The quantitative estimate of drug-likeness (QED) is 0.835. The minimum atomic E-state index is -1.13. The molecule has 3 nitrogen and oxygen atoms in total. The Balaban J connectivity index is 0.00000157. The average molecular weight is 355 g/mol. The first kappa shape index (κ1) is 16.6. The van der Waals surface area contributed by atoms with Crippen molar-refractivity contribution in [2.45, 2.75) is 31.3 Å². The van der Waals surface area contributed by atoms with E-state index < -0.39 is 5.60 Å². The predicted molar refractivity (Wildman–Crippen MR) is 104 cm³/mol. The number of benzene rings is 2. The zero-order chi connectivity index (χ0) is 16.2. The second kappa shape index (κ2) is 5.86. The molecule has 1 spiro atoms. The molecule has 130 valence electrons. The lowest BCUT2D eigenvalue weighted by Gasteiger charge is -2.40. The number of nitrogens with zero attached hydrogens (tertiary/aromatic N) is 2. The lowest BCUT2D eigenvalue weighted by molar-refractivity contribution is 0.156. The first-order chi connectivity index (χ1) is 11.7. The van der Waals surface area contributed by atoms with Crippen molar-refractivity contribution in [3.05, 3.63) is 65.7 Å². The van der Waals surface area contributed by atoms with Gasteiger partial charge in [0, 0.05) is 29.8 Å². The van der Waals surface area contributed by atoms with Crippen molar-refractivity contribution in [1.29, 1.82) is 0 Å². The number of aliphatic hydroxyl groups is 1. The summed E-state index contributed by atoms with van der Waals surface area (Å²) in [5, 5.41) is 11.8. The molecule has 1 unspecified atom stereocenters. The summed E-state index contributed by atoms with van der Waals surface area (Å²) in [4.78, 5) is 7.25. The van der Waals surface area contributed by atoms with Crippen molar-refractivity contribution in [1.82, 2.24) is 0 Å². The van der Waals surface area contributed by atoms with Crippen LogP contribution >= 0.6 is 12.4 Å². The van der Waals surface area contributed by atoms with Crippen molar-refractivity contribution < 1.29 is 5.11 Å². The second-order valence-electron chi connectivity index (χ2n) is 7.53. The van der Waals surface area contributed by atoms with Gasteiger partial charge in [0.1, 0.15) is 5.84 Å².